The summed E-state index contributed by atoms with van der Waals surface area (Å²) in [5.41, 5.74) is 2.27. The molecule has 1 fully saturated rings. The lowest BCUT2D eigenvalue weighted by Crippen LogP contribution is -2.48. The van der Waals surface area contributed by atoms with Gasteiger partial charge in [0.25, 0.3) is 0 Å². The topological polar surface area (TPSA) is 67.2 Å². The van der Waals surface area contributed by atoms with E-state index in [1.165, 1.54) is 11.8 Å². The summed E-state index contributed by atoms with van der Waals surface area (Å²) in [6.07, 6.45) is 4.05. The molecule has 0 radical (unpaired) electrons. The molecule has 1 N–H and O–H groups in total. The molecule has 1 aromatic heterocycles. The van der Waals surface area contributed by atoms with Crippen LogP contribution in [0, 0.1) is 0 Å². The van der Waals surface area contributed by atoms with Crippen molar-refractivity contribution < 1.29 is 8.42 Å². The van der Waals surface area contributed by atoms with Crippen LogP contribution in [0.2, 0.25) is 0 Å². The van der Waals surface area contributed by atoms with Gasteiger partial charge < -0.3 is 5.32 Å². The number of sulfonamides is 1. The quantitative estimate of drug-likeness (QED) is 0.887. The van der Waals surface area contributed by atoms with Gasteiger partial charge in [-0.05, 0) is 31.4 Å². The van der Waals surface area contributed by atoms with E-state index in [0.29, 0.717) is 19.6 Å². The summed E-state index contributed by atoms with van der Waals surface area (Å²) in [6, 6.07) is 8.15. The van der Waals surface area contributed by atoms with E-state index in [2.05, 4.69) is 29.5 Å². The van der Waals surface area contributed by atoms with Crippen LogP contribution >= 0.6 is 0 Å². The fraction of sp³-hybridized carbons (Fsp3) is 0.500. The summed E-state index contributed by atoms with van der Waals surface area (Å²) < 4.78 is 29.6. The molecule has 1 unspecified atom stereocenters. The molecular weight excluding hydrogens is 336 g/mol. The van der Waals surface area contributed by atoms with Gasteiger partial charge in [-0.3, -0.25) is 4.68 Å². The minimum atomic E-state index is -3.58. The van der Waals surface area contributed by atoms with Crippen LogP contribution in [0.4, 0.5) is 0 Å². The third kappa shape index (κ3) is 3.63. The number of nitrogens with one attached hydrogen (secondary N) is 1. The molecule has 2 aromatic rings. The molecule has 6 nitrogen and oxygen atoms in total. The maximum Gasteiger partial charge on any atom is 0.246 e. The molecule has 7 heteroatoms. The standard InChI is InChI=1S/C18H26N4O2S/c1-4-15-5-7-16(8-6-15)18-12-19-9-10-22(18)25(23,24)17-11-20-21(13-17)14(2)3/h5-8,11,13-14,18-19H,4,9-10,12H2,1-3H3. The van der Waals surface area contributed by atoms with Crippen LogP contribution in [0.3, 0.4) is 0 Å². The lowest BCUT2D eigenvalue weighted by Gasteiger charge is -2.35. The van der Waals surface area contributed by atoms with Gasteiger partial charge in [0.05, 0.1) is 12.2 Å². The first kappa shape index (κ1) is 18.1. The maximum atomic E-state index is 13.2. The Morgan fingerprint density at radius 2 is 2.00 bits per heavy atom. The fourth-order valence-electron chi connectivity index (χ4n) is 3.10. The molecule has 1 aromatic carbocycles. The lowest BCUT2D eigenvalue weighted by molar-refractivity contribution is 0.271. The Balaban J connectivity index is 1.93. The van der Waals surface area contributed by atoms with Crippen LogP contribution in [0.15, 0.2) is 41.6 Å². The molecule has 0 aliphatic carbocycles. The second-order valence-corrected chi connectivity index (χ2v) is 8.57. The van der Waals surface area contributed by atoms with Crippen molar-refractivity contribution in [2.75, 3.05) is 19.6 Å². The Kier molecular flexibility index (Phi) is 5.27. The van der Waals surface area contributed by atoms with Crippen molar-refractivity contribution >= 4 is 10.0 Å². The minimum absolute atomic E-state index is 0.129. The molecular formula is C18H26N4O2S. The summed E-state index contributed by atoms with van der Waals surface area (Å²) in [5, 5.41) is 7.50. The number of piperazine rings is 1. The predicted octanol–water partition coefficient (Wildman–Crippen LogP) is 2.36. The van der Waals surface area contributed by atoms with Gasteiger partial charge in [0, 0.05) is 31.9 Å². The monoisotopic (exact) mass is 362 g/mol. The average molecular weight is 362 g/mol. The van der Waals surface area contributed by atoms with Crippen LogP contribution < -0.4 is 5.32 Å². The van der Waals surface area contributed by atoms with E-state index in [0.717, 1.165) is 12.0 Å². The van der Waals surface area contributed by atoms with Crippen molar-refractivity contribution in [2.45, 2.75) is 44.2 Å². The largest absolute Gasteiger partial charge is 0.313 e. The first-order chi connectivity index (χ1) is 11.9. The zero-order chi connectivity index (χ0) is 18.0. The van der Waals surface area contributed by atoms with Crippen molar-refractivity contribution in [1.29, 1.82) is 0 Å². The Hall–Kier alpha value is -1.70. The van der Waals surface area contributed by atoms with E-state index < -0.39 is 10.0 Å². The number of hydrogen-bond acceptors (Lipinski definition) is 4. The van der Waals surface area contributed by atoms with Crippen LogP contribution in [0.5, 0.6) is 0 Å². The summed E-state index contributed by atoms with van der Waals surface area (Å²) in [6.45, 7) is 7.79. The molecule has 0 amide bonds. The third-order valence-corrected chi connectivity index (χ3v) is 6.54. The zero-order valence-electron chi connectivity index (χ0n) is 15.0. The number of aromatic nitrogens is 2. The Morgan fingerprint density at radius 3 is 2.60 bits per heavy atom. The number of rotatable bonds is 5. The smallest absolute Gasteiger partial charge is 0.246 e. The molecule has 1 saturated heterocycles. The number of aryl methyl sites for hydroxylation is 1. The molecule has 1 atom stereocenters. The molecule has 1 aliphatic rings. The van der Waals surface area contributed by atoms with E-state index in [9.17, 15) is 8.42 Å². The zero-order valence-corrected chi connectivity index (χ0v) is 15.8. The SMILES string of the molecule is CCc1ccc(C2CNCCN2S(=O)(=O)c2cnn(C(C)C)c2)cc1. The molecule has 0 saturated carbocycles. The van der Waals surface area contributed by atoms with E-state index >= 15 is 0 Å². The lowest BCUT2D eigenvalue weighted by atomic mass is 10.0. The minimum Gasteiger partial charge on any atom is -0.313 e. The normalized spacial score (nSPS) is 19.4. The van der Waals surface area contributed by atoms with Gasteiger partial charge in [-0.1, -0.05) is 31.2 Å². The molecule has 0 spiro atoms. The Bertz CT molecular complexity index is 812. The van der Waals surface area contributed by atoms with Crippen LogP contribution in [-0.4, -0.2) is 42.1 Å². The van der Waals surface area contributed by atoms with Gasteiger partial charge >= 0.3 is 0 Å². The maximum absolute atomic E-state index is 13.2. The van der Waals surface area contributed by atoms with E-state index in [1.807, 2.05) is 26.0 Å². The number of hydrogen-bond donors (Lipinski definition) is 1. The first-order valence-electron chi connectivity index (χ1n) is 8.79. The second-order valence-electron chi connectivity index (χ2n) is 6.68. The highest BCUT2D eigenvalue weighted by Crippen LogP contribution is 2.29. The van der Waals surface area contributed by atoms with Crippen LogP contribution in [-0.2, 0) is 16.4 Å². The fourth-order valence-corrected chi connectivity index (χ4v) is 4.66. The van der Waals surface area contributed by atoms with Gasteiger partial charge in [-0.2, -0.15) is 9.40 Å². The van der Waals surface area contributed by atoms with Crippen molar-refractivity contribution in [2.24, 2.45) is 0 Å². The van der Waals surface area contributed by atoms with Gasteiger partial charge in [-0.25, -0.2) is 8.42 Å². The third-order valence-electron chi connectivity index (χ3n) is 4.68. The number of nitrogens with zero attached hydrogens (tertiary/aromatic N) is 3. The van der Waals surface area contributed by atoms with Crippen molar-refractivity contribution in [3.05, 3.63) is 47.8 Å². The average Bonchev–Trinajstić information content (AvgIpc) is 3.13. The first-order valence-corrected chi connectivity index (χ1v) is 10.2. The Labute approximate surface area is 149 Å². The van der Waals surface area contributed by atoms with Gasteiger partial charge in [-0.15, -0.1) is 0 Å². The summed E-state index contributed by atoms with van der Waals surface area (Å²) in [4.78, 5) is 0.262. The van der Waals surface area contributed by atoms with Crippen molar-refractivity contribution in [3.8, 4) is 0 Å². The van der Waals surface area contributed by atoms with Gasteiger partial charge in [0.1, 0.15) is 4.90 Å². The predicted molar refractivity (Wildman–Crippen MR) is 97.9 cm³/mol. The highest BCUT2D eigenvalue weighted by molar-refractivity contribution is 7.89. The summed E-state index contributed by atoms with van der Waals surface area (Å²) in [5.74, 6) is 0. The van der Waals surface area contributed by atoms with E-state index in [1.54, 1.807) is 15.2 Å². The Morgan fingerprint density at radius 1 is 1.28 bits per heavy atom. The highest BCUT2D eigenvalue weighted by atomic mass is 32.2. The molecule has 136 valence electrons. The molecule has 1 aliphatic heterocycles. The van der Waals surface area contributed by atoms with E-state index in [-0.39, 0.29) is 17.0 Å². The second kappa shape index (κ2) is 7.27. The molecule has 25 heavy (non-hydrogen) atoms. The van der Waals surface area contributed by atoms with Crippen LogP contribution in [0.25, 0.3) is 0 Å². The molecule has 2 heterocycles. The summed E-state index contributed by atoms with van der Waals surface area (Å²) in [7, 11) is -3.58. The summed E-state index contributed by atoms with van der Waals surface area (Å²) >= 11 is 0. The van der Waals surface area contributed by atoms with Crippen molar-refractivity contribution in [1.82, 2.24) is 19.4 Å². The van der Waals surface area contributed by atoms with Gasteiger partial charge in [0.2, 0.25) is 10.0 Å². The molecule has 0 bridgehead atoms. The highest BCUT2D eigenvalue weighted by Gasteiger charge is 2.35. The molecule has 3 rings (SSSR count). The van der Waals surface area contributed by atoms with Gasteiger partial charge in [0.15, 0.2) is 0 Å². The van der Waals surface area contributed by atoms with Crippen molar-refractivity contribution in [3.63, 3.8) is 0 Å². The van der Waals surface area contributed by atoms with E-state index in [4.69, 9.17) is 0 Å². The van der Waals surface area contributed by atoms with Crippen LogP contribution in [0.1, 0.15) is 44.0 Å². The number of benzene rings is 1.